The Hall–Kier alpha value is -2.93. The van der Waals surface area contributed by atoms with E-state index in [1.807, 2.05) is 41.5 Å². The fourth-order valence-electron chi connectivity index (χ4n) is 2.36. The molecule has 2 atom stereocenters. The van der Waals surface area contributed by atoms with E-state index in [9.17, 15) is 24.0 Å². The molecule has 0 aromatic carbocycles. The van der Waals surface area contributed by atoms with Crippen molar-refractivity contribution in [2.24, 2.45) is 5.41 Å². The van der Waals surface area contributed by atoms with Crippen molar-refractivity contribution in [1.82, 2.24) is 10.6 Å². The molecule has 0 heterocycles. The van der Waals surface area contributed by atoms with E-state index in [4.69, 9.17) is 23.7 Å². The maximum Gasteiger partial charge on any atom is 0.408 e. The van der Waals surface area contributed by atoms with E-state index in [2.05, 4.69) is 15.4 Å². The Morgan fingerprint density at radius 2 is 0.860 bits per heavy atom. The fourth-order valence-corrected chi connectivity index (χ4v) is 2.36. The van der Waals surface area contributed by atoms with Crippen molar-refractivity contribution in [3.05, 3.63) is 0 Å². The van der Waals surface area contributed by atoms with Crippen molar-refractivity contribution >= 4 is 30.1 Å². The van der Waals surface area contributed by atoms with Crippen LogP contribution in [0.4, 0.5) is 9.59 Å². The van der Waals surface area contributed by atoms with Crippen molar-refractivity contribution in [2.75, 3.05) is 20.3 Å². The van der Waals surface area contributed by atoms with E-state index in [0.29, 0.717) is 0 Å². The van der Waals surface area contributed by atoms with Crippen LogP contribution in [0.25, 0.3) is 0 Å². The van der Waals surface area contributed by atoms with Gasteiger partial charge in [0.05, 0.1) is 36.9 Å². The Morgan fingerprint density at radius 1 is 0.535 bits per heavy atom. The van der Waals surface area contributed by atoms with Gasteiger partial charge in [0.1, 0.15) is 11.2 Å². The molecule has 0 unspecified atom stereocenters. The smallest absolute Gasteiger partial charge is 0.408 e. The first-order chi connectivity index (χ1) is 19.0. The predicted molar refractivity (Wildman–Crippen MR) is 160 cm³/mol. The third-order valence-corrected chi connectivity index (χ3v) is 4.32. The van der Waals surface area contributed by atoms with Gasteiger partial charge in [-0.1, -0.05) is 0 Å². The predicted octanol–water partition coefficient (Wildman–Crippen LogP) is 4.68. The lowest BCUT2D eigenvalue weighted by molar-refractivity contribution is -0.168. The van der Waals surface area contributed by atoms with Gasteiger partial charge in [-0.25, -0.2) is 19.2 Å². The number of amides is 2. The SMILES string of the molecule is CC(C)(C)OC[C@H](NC(=O)OC(C)(C)C)C(=O)OC(=O)C(C)(C)C.COC(=O)[C@H](COC(C)(C)C)NC(=O)OC(C)(C)C. The first kappa shape index (κ1) is 42.2. The number of hydrogen-bond donors (Lipinski definition) is 2. The second kappa shape index (κ2) is 16.8. The van der Waals surface area contributed by atoms with Crippen LogP contribution < -0.4 is 10.6 Å². The highest BCUT2D eigenvalue weighted by Crippen LogP contribution is 2.16. The van der Waals surface area contributed by atoms with Gasteiger partial charge in [0, 0.05) is 0 Å². The molecule has 0 aliphatic heterocycles. The second-order valence-corrected chi connectivity index (χ2v) is 14.7. The Labute approximate surface area is 257 Å². The number of rotatable bonds is 8. The molecule has 43 heavy (non-hydrogen) atoms. The van der Waals surface area contributed by atoms with Gasteiger partial charge in [-0.2, -0.15) is 0 Å². The molecule has 0 bridgehead atoms. The van der Waals surface area contributed by atoms with Crippen molar-refractivity contribution in [3.63, 3.8) is 0 Å². The number of ether oxygens (including phenoxy) is 6. The van der Waals surface area contributed by atoms with Gasteiger partial charge in [0.25, 0.3) is 0 Å². The van der Waals surface area contributed by atoms with E-state index in [-0.39, 0.29) is 13.2 Å². The molecular weight excluding hydrogens is 564 g/mol. The molecule has 0 spiro atoms. The zero-order valence-corrected chi connectivity index (χ0v) is 29.1. The molecule has 0 aliphatic rings. The van der Waals surface area contributed by atoms with E-state index >= 15 is 0 Å². The maximum absolute atomic E-state index is 12.2. The molecule has 0 aromatic rings. The topological polar surface area (TPSA) is 165 Å². The van der Waals surface area contributed by atoms with Crippen molar-refractivity contribution in [1.29, 1.82) is 0 Å². The summed E-state index contributed by atoms with van der Waals surface area (Å²) in [4.78, 5) is 59.2. The summed E-state index contributed by atoms with van der Waals surface area (Å²) in [6.07, 6.45) is -1.47. The van der Waals surface area contributed by atoms with Crippen LogP contribution in [0.1, 0.15) is 104 Å². The molecule has 0 fully saturated rings. The molecule has 0 saturated carbocycles. The first-order valence-electron chi connectivity index (χ1n) is 14.1. The van der Waals surface area contributed by atoms with Gasteiger partial charge in [0.15, 0.2) is 12.1 Å². The molecule has 0 radical (unpaired) electrons. The van der Waals surface area contributed by atoms with Crippen LogP contribution in [0.3, 0.4) is 0 Å². The van der Waals surface area contributed by atoms with E-state index in [1.54, 1.807) is 62.3 Å². The number of carbonyl (C=O) groups is 5. The van der Waals surface area contributed by atoms with Crippen molar-refractivity contribution in [2.45, 2.75) is 138 Å². The average Bonchev–Trinajstić information content (AvgIpc) is 2.74. The second-order valence-electron chi connectivity index (χ2n) is 14.7. The van der Waals surface area contributed by atoms with Crippen LogP contribution in [0, 0.1) is 5.41 Å². The van der Waals surface area contributed by atoms with Gasteiger partial charge in [0.2, 0.25) is 0 Å². The monoisotopic (exact) mass is 620 g/mol. The third-order valence-electron chi connectivity index (χ3n) is 4.32. The minimum Gasteiger partial charge on any atom is -0.467 e. The van der Waals surface area contributed by atoms with Gasteiger partial charge in [-0.3, -0.25) is 4.79 Å². The maximum atomic E-state index is 12.2. The zero-order valence-electron chi connectivity index (χ0n) is 29.1. The first-order valence-corrected chi connectivity index (χ1v) is 14.1. The largest absolute Gasteiger partial charge is 0.467 e. The highest BCUT2D eigenvalue weighted by Gasteiger charge is 2.33. The molecule has 252 valence electrons. The lowest BCUT2D eigenvalue weighted by Gasteiger charge is -2.26. The molecule has 13 heteroatoms. The number of alkyl carbamates (subject to hydrolysis) is 2. The summed E-state index contributed by atoms with van der Waals surface area (Å²) < 4.78 is 30.7. The molecule has 0 rings (SSSR count). The molecule has 13 nitrogen and oxygen atoms in total. The van der Waals surface area contributed by atoms with Crippen molar-refractivity contribution < 1.29 is 52.4 Å². The summed E-state index contributed by atoms with van der Waals surface area (Å²) in [6.45, 7) is 26.1. The van der Waals surface area contributed by atoms with Crippen LogP contribution in [-0.2, 0) is 42.8 Å². The molecule has 0 saturated heterocycles. The van der Waals surface area contributed by atoms with Gasteiger partial charge >= 0.3 is 30.1 Å². The van der Waals surface area contributed by atoms with Crippen LogP contribution in [-0.4, -0.2) is 84.9 Å². The van der Waals surface area contributed by atoms with Gasteiger partial charge < -0.3 is 39.1 Å². The van der Waals surface area contributed by atoms with Gasteiger partial charge in [-0.15, -0.1) is 0 Å². The number of carbonyl (C=O) groups excluding carboxylic acids is 5. The fraction of sp³-hybridized carbons (Fsp3) is 0.833. The van der Waals surface area contributed by atoms with Crippen LogP contribution in [0.15, 0.2) is 0 Å². The van der Waals surface area contributed by atoms with Crippen LogP contribution >= 0.6 is 0 Å². The number of methoxy groups -OCH3 is 1. The number of esters is 3. The average molecular weight is 621 g/mol. The Morgan fingerprint density at radius 3 is 1.12 bits per heavy atom. The minimum atomic E-state index is -1.15. The summed E-state index contributed by atoms with van der Waals surface area (Å²) >= 11 is 0. The normalized spacial score (nSPS) is 13.8. The van der Waals surface area contributed by atoms with E-state index in [1.165, 1.54) is 7.11 Å². The third kappa shape index (κ3) is 24.2. The summed E-state index contributed by atoms with van der Waals surface area (Å²) in [6, 6.07) is -2.04. The zero-order chi connectivity index (χ0) is 34.6. The lowest BCUT2D eigenvalue weighted by atomic mass is 9.97. The highest BCUT2D eigenvalue weighted by molar-refractivity contribution is 5.92. The van der Waals surface area contributed by atoms with Crippen molar-refractivity contribution in [3.8, 4) is 0 Å². The van der Waals surface area contributed by atoms with Gasteiger partial charge in [-0.05, 0) is 104 Å². The Bertz CT molecular complexity index is 928. The number of hydrogen-bond acceptors (Lipinski definition) is 11. The molecule has 2 N–H and O–H groups in total. The lowest BCUT2D eigenvalue weighted by Crippen LogP contribution is -2.49. The summed E-state index contributed by atoms with van der Waals surface area (Å²) in [7, 11) is 1.25. The quantitative estimate of drug-likeness (QED) is 0.220. The van der Waals surface area contributed by atoms with E-state index < -0.39 is 70.0 Å². The number of nitrogens with one attached hydrogen (secondary N) is 2. The molecule has 2 amide bonds. The standard InChI is InChI=1S/C17H31NO6.C13H25NO5/c1-15(2,3)13(20)23-12(19)11(10-22-16(4,5)6)18-14(21)24-17(7,8)9;1-12(2,3)18-8-9(10(15)17-7)14-11(16)19-13(4,5)6/h11H,10H2,1-9H3,(H,18,21);9H,8H2,1-7H3,(H,14,16)/t11-;9-/m00/s1. The minimum absolute atomic E-state index is 0.0232. The molecule has 0 aliphatic carbocycles. The highest BCUT2D eigenvalue weighted by atomic mass is 16.6. The Balaban J connectivity index is 0. The molecule has 0 aromatic heterocycles. The van der Waals surface area contributed by atoms with Crippen LogP contribution in [0.5, 0.6) is 0 Å². The van der Waals surface area contributed by atoms with E-state index in [0.717, 1.165) is 0 Å². The Kier molecular flexibility index (Phi) is 16.5. The van der Waals surface area contributed by atoms with Crippen LogP contribution in [0.2, 0.25) is 0 Å². The summed E-state index contributed by atoms with van der Waals surface area (Å²) in [5, 5.41) is 4.83. The summed E-state index contributed by atoms with van der Waals surface area (Å²) in [5.74, 6) is -2.14. The molecular formula is C30H56N2O11. The summed E-state index contributed by atoms with van der Waals surface area (Å²) in [5.41, 5.74) is -3.12.